The summed E-state index contributed by atoms with van der Waals surface area (Å²) in [5, 5.41) is 5.53. The topological polar surface area (TPSA) is 67.4 Å². The maximum absolute atomic E-state index is 11.8. The Kier molecular flexibility index (Phi) is 6.17. The van der Waals surface area contributed by atoms with Crippen molar-refractivity contribution in [3.8, 4) is 5.75 Å². The molecule has 0 aliphatic heterocycles. The molecular formula is C18H20N2O3. The lowest BCUT2D eigenvalue weighted by Crippen LogP contribution is -2.20. The molecule has 0 saturated heterocycles. The van der Waals surface area contributed by atoms with Gasteiger partial charge in [-0.2, -0.15) is 0 Å². The SMILES string of the molecule is CCCC(=O)Nc1ccc(NC(=O)COc2ccccc2)cc1. The summed E-state index contributed by atoms with van der Waals surface area (Å²) in [6.07, 6.45) is 1.30. The molecule has 0 bridgehead atoms. The highest BCUT2D eigenvalue weighted by molar-refractivity contribution is 5.93. The Morgan fingerprint density at radius 3 is 2.00 bits per heavy atom. The first-order valence-electron chi connectivity index (χ1n) is 7.55. The van der Waals surface area contributed by atoms with Crippen molar-refractivity contribution in [2.45, 2.75) is 19.8 Å². The molecule has 2 aromatic rings. The number of rotatable bonds is 7. The molecule has 0 spiro atoms. The molecular weight excluding hydrogens is 292 g/mol. The van der Waals surface area contributed by atoms with Gasteiger partial charge in [-0.1, -0.05) is 25.1 Å². The molecule has 120 valence electrons. The lowest BCUT2D eigenvalue weighted by atomic mass is 10.2. The van der Waals surface area contributed by atoms with Crippen molar-refractivity contribution in [1.82, 2.24) is 0 Å². The Bertz CT molecular complexity index is 639. The summed E-state index contributed by atoms with van der Waals surface area (Å²) in [5.74, 6) is 0.397. The molecule has 0 aliphatic carbocycles. The third kappa shape index (κ3) is 5.82. The van der Waals surface area contributed by atoms with E-state index in [1.165, 1.54) is 0 Å². The summed E-state index contributed by atoms with van der Waals surface area (Å²) in [4.78, 5) is 23.3. The minimum absolute atomic E-state index is 0.0134. The Labute approximate surface area is 135 Å². The first-order valence-corrected chi connectivity index (χ1v) is 7.55. The van der Waals surface area contributed by atoms with Gasteiger partial charge in [-0.15, -0.1) is 0 Å². The van der Waals surface area contributed by atoms with Crippen LogP contribution in [0.4, 0.5) is 11.4 Å². The molecule has 0 unspecified atom stereocenters. The minimum Gasteiger partial charge on any atom is -0.484 e. The highest BCUT2D eigenvalue weighted by Crippen LogP contribution is 2.14. The molecule has 5 heteroatoms. The van der Waals surface area contributed by atoms with Crippen LogP contribution in [0.1, 0.15) is 19.8 Å². The molecule has 2 rings (SSSR count). The average molecular weight is 312 g/mol. The van der Waals surface area contributed by atoms with Crippen LogP contribution < -0.4 is 15.4 Å². The van der Waals surface area contributed by atoms with Gasteiger partial charge in [0, 0.05) is 17.8 Å². The predicted molar refractivity (Wildman–Crippen MR) is 90.5 cm³/mol. The molecule has 0 aromatic heterocycles. The highest BCUT2D eigenvalue weighted by Gasteiger charge is 2.05. The van der Waals surface area contributed by atoms with Crippen LogP contribution in [0, 0.1) is 0 Å². The van der Waals surface area contributed by atoms with Gasteiger partial charge in [0.05, 0.1) is 0 Å². The van der Waals surface area contributed by atoms with Gasteiger partial charge < -0.3 is 15.4 Å². The summed E-state index contributed by atoms with van der Waals surface area (Å²) < 4.78 is 5.37. The number of anilines is 2. The van der Waals surface area contributed by atoms with E-state index in [9.17, 15) is 9.59 Å². The van der Waals surface area contributed by atoms with Gasteiger partial charge in [-0.3, -0.25) is 9.59 Å². The van der Waals surface area contributed by atoms with Crippen LogP contribution in [-0.2, 0) is 9.59 Å². The molecule has 0 atom stereocenters. The second kappa shape index (κ2) is 8.58. The molecule has 0 saturated carbocycles. The van der Waals surface area contributed by atoms with Gasteiger partial charge in [0.2, 0.25) is 5.91 Å². The van der Waals surface area contributed by atoms with Crippen LogP contribution in [0.2, 0.25) is 0 Å². The molecule has 0 aliphatic rings. The zero-order valence-corrected chi connectivity index (χ0v) is 13.0. The second-order valence-electron chi connectivity index (χ2n) is 5.03. The van der Waals surface area contributed by atoms with Gasteiger partial charge in [-0.25, -0.2) is 0 Å². The summed E-state index contributed by atoms with van der Waals surface area (Å²) in [5.41, 5.74) is 1.36. The van der Waals surface area contributed by atoms with Crippen LogP contribution in [-0.4, -0.2) is 18.4 Å². The first kappa shape index (κ1) is 16.5. The van der Waals surface area contributed by atoms with Crippen LogP contribution in [0.3, 0.4) is 0 Å². The van der Waals surface area contributed by atoms with Crippen molar-refractivity contribution in [2.24, 2.45) is 0 Å². The van der Waals surface area contributed by atoms with Gasteiger partial charge >= 0.3 is 0 Å². The Morgan fingerprint density at radius 1 is 0.870 bits per heavy atom. The van der Waals surface area contributed by atoms with E-state index in [0.29, 0.717) is 23.5 Å². The lowest BCUT2D eigenvalue weighted by molar-refractivity contribution is -0.118. The van der Waals surface area contributed by atoms with E-state index in [0.717, 1.165) is 6.42 Å². The van der Waals surface area contributed by atoms with Crippen LogP contribution in [0.25, 0.3) is 0 Å². The van der Waals surface area contributed by atoms with Gasteiger partial charge in [0.1, 0.15) is 5.75 Å². The third-order valence-corrected chi connectivity index (χ3v) is 3.04. The molecule has 2 aromatic carbocycles. The fraction of sp³-hybridized carbons (Fsp3) is 0.222. The average Bonchev–Trinajstić information content (AvgIpc) is 2.56. The van der Waals surface area contributed by atoms with Crippen molar-refractivity contribution in [3.63, 3.8) is 0 Å². The van der Waals surface area contributed by atoms with Gasteiger partial charge in [0.25, 0.3) is 5.91 Å². The van der Waals surface area contributed by atoms with E-state index in [1.54, 1.807) is 36.4 Å². The summed E-state index contributed by atoms with van der Waals surface area (Å²) in [7, 11) is 0. The van der Waals surface area contributed by atoms with Crippen LogP contribution in [0.5, 0.6) is 5.75 Å². The predicted octanol–water partition coefficient (Wildman–Crippen LogP) is 3.44. The zero-order chi connectivity index (χ0) is 16.5. The zero-order valence-electron chi connectivity index (χ0n) is 13.0. The first-order chi connectivity index (χ1) is 11.2. The smallest absolute Gasteiger partial charge is 0.262 e. The summed E-state index contributed by atoms with van der Waals surface area (Å²) in [6.45, 7) is 1.90. The molecule has 2 N–H and O–H groups in total. The number of hydrogen-bond donors (Lipinski definition) is 2. The van der Waals surface area contributed by atoms with Crippen LogP contribution in [0.15, 0.2) is 54.6 Å². The molecule has 2 amide bonds. The van der Waals surface area contributed by atoms with Crippen molar-refractivity contribution in [1.29, 1.82) is 0 Å². The number of benzene rings is 2. The van der Waals surface area contributed by atoms with E-state index in [1.807, 2.05) is 25.1 Å². The lowest BCUT2D eigenvalue weighted by Gasteiger charge is -2.09. The summed E-state index contributed by atoms with van der Waals surface area (Å²) >= 11 is 0. The van der Waals surface area contributed by atoms with Crippen molar-refractivity contribution in [2.75, 3.05) is 17.2 Å². The minimum atomic E-state index is -0.239. The fourth-order valence-electron chi connectivity index (χ4n) is 1.95. The number of carbonyl (C=O) groups is 2. The largest absolute Gasteiger partial charge is 0.484 e. The maximum atomic E-state index is 11.8. The van der Waals surface area contributed by atoms with Crippen LogP contribution >= 0.6 is 0 Å². The maximum Gasteiger partial charge on any atom is 0.262 e. The van der Waals surface area contributed by atoms with Gasteiger partial charge in [0.15, 0.2) is 6.61 Å². The monoisotopic (exact) mass is 312 g/mol. The fourth-order valence-corrected chi connectivity index (χ4v) is 1.95. The normalized spacial score (nSPS) is 9.96. The number of carbonyl (C=O) groups excluding carboxylic acids is 2. The van der Waals surface area contributed by atoms with E-state index >= 15 is 0 Å². The van der Waals surface area contributed by atoms with E-state index in [4.69, 9.17) is 4.74 Å². The molecule has 0 fully saturated rings. The van der Waals surface area contributed by atoms with E-state index in [-0.39, 0.29) is 18.4 Å². The van der Waals surface area contributed by atoms with E-state index in [2.05, 4.69) is 10.6 Å². The molecule has 23 heavy (non-hydrogen) atoms. The quantitative estimate of drug-likeness (QED) is 0.823. The summed E-state index contributed by atoms with van der Waals surface area (Å²) in [6, 6.07) is 16.1. The Hall–Kier alpha value is -2.82. The highest BCUT2D eigenvalue weighted by atomic mass is 16.5. The Balaban J connectivity index is 1.80. The number of amides is 2. The van der Waals surface area contributed by atoms with Crippen molar-refractivity contribution in [3.05, 3.63) is 54.6 Å². The van der Waals surface area contributed by atoms with E-state index < -0.39 is 0 Å². The number of nitrogens with one attached hydrogen (secondary N) is 2. The van der Waals surface area contributed by atoms with Gasteiger partial charge in [-0.05, 0) is 42.8 Å². The number of hydrogen-bond acceptors (Lipinski definition) is 3. The Morgan fingerprint density at radius 2 is 1.43 bits per heavy atom. The number of para-hydroxylation sites is 1. The second-order valence-corrected chi connectivity index (χ2v) is 5.03. The number of ether oxygens (including phenoxy) is 1. The molecule has 0 radical (unpaired) electrons. The standard InChI is InChI=1S/C18H20N2O3/c1-2-6-17(21)19-14-9-11-15(12-10-14)20-18(22)13-23-16-7-4-3-5-8-16/h3-5,7-12H,2,6,13H2,1H3,(H,19,21)(H,20,22). The van der Waals surface area contributed by atoms with Crippen molar-refractivity contribution < 1.29 is 14.3 Å². The molecule has 5 nitrogen and oxygen atoms in total. The molecule has 0 heterocycles. The van der Waals surface area contributed by atoms with Crippen molar-refractivity contribution >= 4 is 23.2 Å². The third-order valence-electron chi connectivity index (χ3n) is 3.04.